The Morgan fingerprint density at radius 2 is 1.65 bits per heavy atom. The minimum atomic E-state index is -0.347. The topological polar surface area (TPSA) is 50.7 Å². The van der Waals surface area contributed by atoms with E-state index in [1.807, 2.05) is 36.4 Å². The molecule has 2 aromatic carbocycles. The van der Waals surface area contributed by atoms with E-state index in [-0.39, 0.29) is 12.5 Å². The highest BCUT2D eigenvalue weighted by Gasteiger charge is 2.10. The Morgan fingerprint density at radius 3 is 2.26 bits per heavy atom. The molecule has 8 heteroatoms. The van der Waals surface area contributed by atoms with Crippen molar-refractivity contribution in [3.05, 3.63) is 59.9 Å². The average Bonchev–Trinajstić information content (AvgIpc) is 2.48. The average molecular weight is 570 g/mol. The second-order valence-electron chi connectivity index (χ2n) is 4.33. The van der Waals surface area contributed by atoms with Crippen LogP contribution in [0.15, 0.2) is 59.4 Å². The molecule has 2 aromatic rings. The number of hydrogen-bond donors (Lipinski definition) is 1. The quantitative estimate of drug-likeness (QED) is 0.394. The number of halogens is 4. The zero-order valence-electron chi connectivity index (χ0n) is 11.5. The highest BCUT2D eigenvalue weighted by molar-refractivity contribution is 9.11. The van der Waals surface area contributed by atoms with Crippen LogP contribution < -0.4 is 10.2 Å². The number of carbonyl (C=O) groups excluding carboxylic acids is 1. The first-order chi connectivity index (χ1) is 11.0. The maximum atomic E-state index is 11.8. The molecule has 0 unspecified atom stereocenters. The summed E-state index contributed by atoms with van der Waals surface area (Å²) >= 11 is 13.5. The monoisotopic (exact) mass is 566 g/mol. The van der Waals surface area contributed by atoms with E-state index in [9.17, 15) is 4.79 Å². The van der Waals surface area contributed by atoms with Gasteiger partial charge in [0.05, 0.1) is 15.2 Å². The Morgan fingerprint density at radius 1 is 1.04 bits per heavy atom. The first-order valence-electron chi connectivity index (χ1n) is 6.30. The molecule has 0 aliphatic carbocycles. The van der Waals surface area contributed by atoms with Crippen molar-refractivity contribution in [1.82, 2.24) is 5.43 Å². The summed E-state index contributed by atoms with van der Waals surface area (Å²) in [5, 5.41) is 3.89. The third-order valence-corrected chi connectivity index (χ3v) is 4.75. The lowest BCUT2D eigenvalue weighted by atomic mass is 10.2. The number of hydrogen-bond acceptors (Lipinski definition) is 3. The van der Waals surface area contributed by atoms with Crippen LogP contribution in [0.5, 0.6) is 5.75 Å². The van der Waals surface area contributed by atoms with Crippen LogP contribution in [0.1, 0.15) is 5.56 Å². The smallest absolute Gasteiger partial charge is 0.277 e. The van der Waals surface area contributed by atoms with Crippen molar-refractivity contribution >= 4 is 75.8 Å². The second kappa shape index (κ2) is 8.96. The van der Waals surface area contributed by atoms with E-state index in [0.29, 0.717) is 5.75 Å². The van der Waals surface area contributed by atoms with Crippen LogP contribution in [0.3, 0.4) is 0 Å². The number of carbonyl (C=O) groups is 1. The van der Waals surface area contributed by atoms with E-state index in [1.54, 1.807) is 6.21 Å². The molecule has 0 radical (unpaired) electrons. The molecule has 0 atom stereocenters. The summed E-state index contributed by atoms with van der Waals surface area (Å²) in [5.41, 5.74) is 3.30. The van der Waals surface area contributed by atoms with Gasteiger partial charge >= 0.3 is 0 Å². The number of amides is 1. The number of ether oxygens (including phenoxy) is 1. The number of nitrogens with zero attached hydrogens (tertiary/aromatic N) is 1. The van der Waals surface area contributed by atoms with Gasteiger partial charge in [0.1, 0.15) is 5.75 Å². The number of benzene rings is 2. The molecule has 0 spiro atoms. The van der Waals surface area contributed by atoms with Gasteiger partial charge in [-0.25, -0.2) is 5.43 Å². The number of nitrogens with one attached hydrogen (secondary N) is 1. The van der Waals surface area contributed by atoms with Crippen LogP contribution >= 0.6 is 63.7 Å². The zero-order chi connectivity index (χ0) is 16.8. The van der Waals surface area contributed by atoms with E-state index < -0.39 is 0 Å². The molecular formula is C15H10Br4N2O2. The molecule has 120 valence electrons. The molecule has 1 N–H and O–H groups in total. The molecule has 0 aliphatic rings. The summed E-state index contributed by atoms with van der Waals surface area (Å²) in [7, 11) is 0. The lowest BCUT2D eigenvalue weighted by Gasteiger charge is -2.09. The van der Waals surface area contributed by atoms with E-state index in [0.717, 1.165) is 23.5 Å². The molecule has 0 saturated carbocycles. The Kier molecular flexibility index (Phi) is 7.26. The Labute approximate surface area is 167 Å². The maximum Gasteiger partial charge on any atom is 0.277 e. The summed E-state index contributed by atoms with van der Waals surface area (Å²) in [6, 6.07) is 11.2. The van der Waals surface area contributed by atoms with Crippen molar-refractivity contribution in [1.29, 1.82) is 0 Å². The molecule has 0 aliphatic heterocycles. The van der Waals surface area contributed by atoms with E-state index in [4.69, 9.17) is 4.74 Å². The van der Waals surface area contributed by atoms with Crippen LogP contribution in [0.4, 0.5) is 0 Å². The van der Waals surface area contributed by atoms with E-state index in [2.05, 4.69) is 74.2 Å². The lowest BCUT2D eigenvalue weighted by Crippen LogP contribution is -2.24. The summed E-state index contributed by atoms with van der Waals surface area (Å²) in [6.07, 6.45) is 1.57. The first-order valence-corrected chi connectivity index (χ1v) is 9.47. The highest BCUT2D eigenvalue weighted by Crippen LogP contribution is 2.36. The number of hydrazone groups is 1. The summed E-state index contributed by atoms with van der Waals surface area (Å²) in [6.45, 7) is -0.142. The highest BCUT2D eigenvalue weighted by atomic mass is 79.9. The molecular weight excluding hydrogens is 560 g/mol. The van der Waals surface area contributed by atoms with Gasteiger partial charge in [-0.1, -0.05) is 44.0 Å². The Hall–Kier alpha value is -0.700. The van der Waals surface area contributed by atoms with Gasteiger partial charge < -0.3 is 4.74 Å². The van der Waals surface area contributed by atoms with Gasteiger partial charge in [0.15, 0.2) is 6.61 Å². The molecule has 0 heterocycles. The fourth-order valence-corrected chi connectivity index (χ4v) is 4.32. The SMILES string of the molecule is O=C(COc1c(Br)cc(Br)cc1Br)N/N=C/c1ccc(Br)cc1. The standard InChI is InChI=1S/C15H10Br4N2O2/c16-10-3-1-9(2-4-10)7-20-21-14(22)8-23-15-12(18)5-11(17)6-13(15)19/h1-7H,8H2,(H,21,22)/b20-7+. The predicted molar refractivity (Wildman–Crippen MR) is 105 cm³/mol. The molecule has 1 amide bonds. The summed E-state index contributed by atoms with van der Waals surface area (Å²) in [5.74, 6) is 0.209. The number of rotatable bonds is 5. The zero-order valence-corrected chi connectivity index (χ0v) is 17.9. The van der Waals surface area contributed by atoms with Crippen molar-refractivity contribution in [3.8, 4) is 5.75 Å². The molecule has 0 bridgehead atoms. The molecule has 23 heavy (non-hydrogen) atoms. The summed E-state index contributed by atoms with van der Waals surface area (Å²) in [4.78, 5) is 11.8. The van der Waals surface area contributed by atoms with Gasteiger partial charge in [-0.15, -0.1) is 0 Å². The second-order valence-corrected chi connectivity index (χ2v) is 7.87. The van der Waals surface area contributed by atoms with Gasteiger partial charge in [0.2, 0.25) is 0 Å². The maximum absolute atomic E-state index is 11.8. The van der Waals surface area contributed by atoms with Crippen molar-refractivity contribution in [2.24, 2.45) is 5.10 Å². The van der Waals surface area contributed by atoms with E-state index >= 15 is 0 Å². The normalized spacial score (nSPS) is 10.8. The first kappa shape index (κ1) is 18.6. The van der Waals surface area contributed by atoms with Crippen LogP contribution in [0.25, 0.3) is 0 Å². The minimum absolute atomic E-state index is 0.142. The Bertz CT molecular complexity index is 710. The van der Waals surface area contributed by atoms with Gasteiger partial charge in [-0.2, -0.15) is 5.10 Å². The molecule has 0 saturated heterocycles. The fourth-order valence-electron chi connectivity index (χ4n) is 1.56. The molecule has 4 nitrogen and oxygen atoms in total. The van der Waals surface area contributed by atoms with Crippen LogP contribution in [0.2, 0.25) is 0 Å². The Balaban J connectivity index is 1.87. The van der Waals surface area contributed by atoms with Gasteiger partial charge in [0, 0.05) is 8.95 Å². The minimum Gasteiger partial charge on any atom is -0.481 e. The van der Waals surface area contributed by atoms with Crippen molar-refractivity contribution in [2.45, 2.75) is 0 Å². The predicted octanol–water partition coefficient (Wildman–Crippen LogP) is 5.27. The largest absolute Gasteiger partial charge is 0.481 e. The van der Waals surface area contributed by atoms with Gasteiger partial charge in [0.25, 0.3) is 5.91 Å². The van der Waals surface area contributed by atoms with E-state index in [1.165, 1.54) is 0 Å². The van der Waals surface area contributed by atoms with Gasteiger partial charge in [-0.05, 0) is 61.7 Å². The molecule has 2 rings (SSSR count). The van der Waals surface area contributed by atoms with Crippen LogP contribution in [-0.4, -0.2) is 18.7 Å². The van der Waals surface area contributed by atoms with Crippen molar-refractivity contribution < 1.29 is 9.53 Å². The lowest BCUT2D eigenvalue weighted by molar-refractivity contribution is -0.123. The fraction of sp³-hybridized carbons (Fsp3) is 0.0667. The van der Waals surface area contributed by atoms with Crippen molar-refractivity contribution in [3.63, 3.8) is 0 Å². The van der Waals surface area contributed by atoms with Gasteiger partial charge in [-0.3, -0.25) is 4.79 Å². The van der Waals surface area contributed by atoms with Crippen LogP contribution in [0, 0.1) is 0 Å². The molecule has 0 fully saturated rings. The van der Waals surface area contributed by atoms with Crippen molar-refractivity contribution in [2.75, 3.05) is 6.61 Å². The van der Waals surface area contributed by atoms with Crippen LogP contribution in [-0.2, 0) is 4.79 Å². The third-order valence-electron chi connectivity index (χ3n) is 2.58. The molecule has 0 aromatic heterocycles. The summed E-state index contributed by atoms with van der Waals surface area (Å²) < 4.78 is 8.86. The third kappa shape index (κ3) is 6.02.